The Kier molecular flexibility index (Phi) is 5.03. The summed E-state index contributed by atoms with van der Waals surface area (Å²) in [7, 11) is 0. The van der Waals surface area contributed by atoms with Crippen LogP contribution in [0.1, 0.15) is 48.3 Å². The zero-order valence-corrected chi connectivity index (χ0v) is 13.7. The van der Waals surface area contributed by atoms with Crippen molar-refractivity contribution in [2.24, 2.45) is 0 Å². The van der Waals surface area contributed by atoms with Gasteiger partial charge in [0, 0.05) is 11.7 Å². The van der Waals surface area contributed by atoms with Crippen LogP contribution in [-0.4, -0.2) is 21.9 Å². The summed E-state index contributed by atoms with van der Waals surface area (Å²) >= 11 is 0. The number of carbonyl (C=O) groups excluding carboxylic acids is 1. The number of nitrogens with one attached hydrogen (secondary N) is 2. The van der Waals surface area contributed by atoms with Gasteiger partial charge in [0.2, 0.25) is 5.95 Å². The second-order valence-corrected chi connectivity index (χ2v) is 6.13. The number of hydrogen-bond acceptors (Lipinski definition) is 4. The van der Waals surface area contributed by atoms with Gasteiger partial charge >= 0.3 is 0 Å². The Morgan fingerprint density at radius 3 is 2.67 bits per heavy atom. The lowest BCUT2D eigenvalue weighted by Gasteiger charge is -2.23. The number of benzene rings is 1. The minimum absolute atomic E-state index is 0.139. The third-order valence-corrected chi connectivity index (χ3v) is 4.15. The molecule has 0 radical (unpaired) electrons. The lowest BCUT2D eigenvalue weighted by molar-refractivity contribution is 0.102. The van der Waals surface area contributed by atoms with Gasteiger partial charge in [0.15, 0.2) is 0 Å². The van der Waals surface area contributed by atoms with Gasteiger partial charge in [0.1, 0.15) is 11.5 Å². The molecule has 1 aliphatic carbocycles. The quantitative estimate of drug-likeness (QED) is 0.892. The van der Waals surface area contributed by atoms with E-state index in [4.69, 9.17) is 0 Å². The van der Waals surface area contributed by atoms with Gasteiger partial charge in [0.05, 0.1) is 5.69 Å². The lowest BCUT2D eigenvalue weighted by Crippen LogP contribution is -2.24. The van der Waals surface area contributed by atoms with E-state index >= 15 is 0 Å². The van der Waals surface area contributed by atoms with Gasteiger partial charge in [-0.1, -0.05) is 31.4 Å². The Morgan fingerprint density at radius 1 is 1.17 bits per heavy atom. The molecule has 1 fully saturated rings. The van der Waals surface area contributed by atoms with E-state index in [1.807, 2.05) is 6.92 Å². The van der Waals surface area contributed by atoms with E-state index in [0.29, 0.717) is 17.7 Å². The monoisotopic (exact) mass is 328 g/mol. The number of amides is 1. The van der Waals surface area contributed by atoms with Gasteiger partial charge in [-0.05, 0) is 38.0 Å². The summed E-state index contributed by atoms with van der Waals surface area (Å²) in [6.07, 6.45) is 5.85. The summed E-state index contributed by atoms with van der Waals surface area (Å²) in [6, 6.07) is 8.01. The number of aromatic nitrogens is 2. The fourth-order valence-corrected chi connectivity index (χ4v) is 2.93. The van der Waals surface area contributed by atoms with E-state index in [-0.39, 0.29) is 11.4 Å². The summed E-state index contributed by atoms with van der Waals surface area (Å²) < 4.78 is 13.7. The molecule has 1 saturated carbocycles. The highest BCUT2D eigenvalue weighted by Crippen LogP contribution is 2.21. The average Bonchev–Trinajstić information content (AvgIpc) is 2.57. The number of carbonyl (C=O) groups is 1. The van der Waals surface area contributed by atoms with Crippen LogP contribution < -0.4 is 10.6 Å². The molecule has 126 valence electrons. The normalized spacial score (nSPS) is 15.1. The van der Waals surface area contributed by atoms with Crippen LogP contribution in [-0.2, 0) is 0 Å². The molecule has 0 aliphatic heterocycles. The second kappa shape index (κ2) is 7.38. The van der Waals surface area contributed by atoms with Gasteiger partial charge in [-0.25, -0.2) is 14.4 Å². The molecule has 24 heavy (non-hydrogen) atoms. The van der Waals surface area contributed by atoms with E-state index in [0.717, 1.165) is 12.8 Å². The van der Waals surface area contributed by atoms with Crippen LogP contribution in [0.3, 0.4) is 0 Å². The standard InChI is InChI=1S/C18H21FN4O/c1-12-11-16(17(24)22-15-10-6-5-9-14(15)19)23-18(20-12)21-13-7-3-2-4-8-13/h5-6,9-11,13H,2-4,7-8H2,1H3,(H,22,24)(H,20,21,23). The molecule has 1 heterocycles. The fraction of sp³-hybridized carbons (Fsp3) is 0.389. The summed E-state index contributed by atoms with van der Waals surface area (Å²) in [6.45, 7) is 1.81. The molecule has 1 aliphatic rings. The van der Waals surface area contributed by atoms with Crippen LogP contribution in [0.4, 0.5) is 16.0 Å². The molecule has 0 atom stereocenters. The van der Waals surface area contributed by atoms with Crippen LogP contribution in [0, 0.1) is 12.7 Å². The van der Waals surface area contributed by atoms with E-state index in [2.05, 4.69) is 20.6 Å². The number of aryl methyl sites for hydroxylation is 1. The van der Waals surface area contributed by atoms with Crippen molar-refractivity contribution >= 4 is 17.5 Å². The van der Waals surface area contributed by atoms with Crippen molar-refractivity contribution in [3.63, 3.8) is 0 Å². The summed E-state index contributed by atoms with van der Waals surface area (Å²) in [5, 5.41) is 5.87. The zero-order valence-electron chi connectivity index (χ0n) is 13.7. The molecule has 0 saturated heterocycles. The number of rotatable bonds is 4. The predicted octanol–water partition coefficient (Wildman–Crippen LogP) is 3.92. The number of halogens is 1. The second-order valence-electron chi connectivity index (χ2n) is 6.13. The Bertz CT molecular complexity index is 729. The van der Waals surface area contributed by atoms with Crippen LogP contribution in [0.25, 0.3) is 0 Å². The summed E-state index contributed by atoms with van der Waals surface area (Å²) in [5.74, 6) is -0.463. The highest BCUT2D eigenvalue weighted by atomic mass is 19.1. The van der Waals surface area contributed by atoms with E-state index < -0.39 is 11.7 Å². The van der Waals surface area contributed by atoms with E-state index in [9.17, 15) is 9.18 Å². The first-order chi connectivity index (χ1) is 11.6. The number of nitrogens with zero attached hydrogens (tertiary/aromatic N) is 2. The largest absolute Gasteiger partial charge is 0.351 e. The molecule has 0 unspecified atom stereocenters. The Labute approximate surface area is 140 Å². The van der Waals surface area contributed by atoms with Gasteiger partial charge < -0.3 is 10.6 Å². The molecule has 3 rings (SSSR count). The van der Waals surface area contributed by atoms with E-state index in [1.165, 1.54) is 31.4 Å². The highest BCUT2D eigenvalue weighted by molar-refractivity contribution is 6.03. The Hall–Kier alpha value is -2.50. The van der Waals surface area contributed by atoms with E-state index in [1.54, 1.807) is 18.2 Å². The first-order valence-electron chi connectivity index (χ1n) is 8.30. The first kappa shape index (κ1) is 16.4. The number of hydrogen-bond donors (Lipinski definition) is 2. The molecule has 5 nitrogen and oxygen atoms in total. The van der Waals surface area contributed by atoms with Gasteiger partial charge in [-0.2, -0.15) is 0 Å². The third kappa shape index (κ3) is 4.07. The smallest absolute Gasteiger partial charge is 0.274 e. The van der Waals surface area contributed by atoms with Crippen molar-refractivity contribution in [2.75, 3.05) is 10.6 Å². The maximum Gasteiger partial charge on any atom is 0.274 e. The molecular weight excluding hydrogens is 307 g/mol. The SMILES string of the molecule is Cc1cc(C(=O)Nc2ccccc2F)nc(NC2CCCCC2)n1. The molecular formula is C18H21FN4O. The third-order valence-electron chi connectivity index (χ3n) is 4.15. The lowest BCUT2D eigenvalue weighted by atomic mass is 9.96. The van der Waals surface area contributed by atoms with Crippen molar-refractivity contribution in [3.8, 4) is 0 Å². The fourth-order valence-electron chi connectivity index (χ4n) is 2.93. The number of para-hydroxylation sites is 1. The summed E-state index contributed by atoms with van der Waals surface area (Å²) in [5.41, 5.74) is 1.06. The molecule has 2 N–H and O–H groups in total. The Morgan fingerprint density at radius 2 is 1.92 bits per heavy atom. The van der Waals surface area contributed by atoms with Crippen molar-refractivity contribution < 1.29 is 9.18 Å². The van der Waals surface area contributed by atoms with Crippen molar-refractivity contribution in [3.05, 3.63) is 47.5 Å². The molecule has 0 bridgehead atoms. The minimum Gasteiger partial charge on any atom is -0.351 e. The molecule has 1 aromatic heterocycles. The minimum atomic E-state index is -0.475. The maximum absolute atomic E-state index is 13.7. The first-order valence-corrected chi connectivity index (χ1v) is 8.30. The summed E-state index contributed by atoms with van der Waals surface area (Å²) in [4.78, 5) is 21.0. The Balaban J connectivity index is 1.75. The van der Waals surface area contributed by atoms with Crippen molar-refractivity contribution in [2.45, 2.75) is 45.1 Å². The van der Waals surface area contributed by atoms with Crippen molar-refractivity contribution in [1.29, 1.82) is 0 Å². The maximum atomic E-state index is 13.7. The van der Waals surface area contributed by atoms with Gasteiger partial charge in [-0.15, -0.1) is 0 Å². The average molecular weight is 328 g/mol. The topological polar surface area (TPSA) is 66.9 Å². The zero-order chi connectivity index (χ0) is 16.9. The molecule has 1 amide bonds. The molecule has 0 spiro atoms. The molecule has 6 heteroatoms. The molecule has 2 aromatic rings. The number of anilines is 2. The highest BCUT2D eigenvalue weighted by Gasteiger charge is 2.17. The van der Waals surface area contributed by atoms with Crippen LogP contribution in [0.2, 0.25) is 0 Å². The van der Waals surface area contributed by atoms with Gasteiger partial charge in [0.25, 0.3) is 5.91 Å². The van der Waals surface area contributed by atoms with Gasteiger partial charge in [-0.3, -0.25) is 4.79 Å². The van der Waals surface area contributed by atoms with Crippen LogP contribution >= 0.6 is 0 Å². The molecule has 1 aromatic carbocycles. The van der Waals surface area contributed by atoms with Crippen LogP contribution in [0.15, 0.2) is 30.3 Å². The van der Waals surface area contributed by atoms with Crippen molar-refractivity contribution in [1.82, 2.24) is 9.97 Å². The van der Waals surface area contributed by atoms with Crippen LogP contribution in [0.5, 0.6) is 0 Å². The predicted molar refractivity (Wildman–Crippen MR) is 91.6 cm³/mol.